The first-order valence-corrected chi connectivity index (χ1v) is 7.69. The van der Waals surface area contributed by atoms with Gasteiger partial charge >= 0.3 is 5.97 Å². The summed E-state index contributed by atoms with van der Waals surface area (Å²) in [5, 5.41) is 0. The predicted molar refractivity (Wildman–Crippen MR) is 89.3 cm³/mol. The Morgan fingerprint density at radius 2 is 2.04 bits per heavy atom. The first kappa shape index (κ1) is 15.5. The van der Waals surface area contributed by atoms with E-state index in [0.717, 1.165) is 18.4 Å². The molecule has 23 heavy (non-hydrogen) atoms. The maximum absolute atomic E-state index is 11.7. The highest BCUT2D eigenvalue weighted by Gasteiger charge is 2.30. The Labute approximate surface area is 135 Å². The highest BCUT2D eigenvalue weighted by Crippen LogP contribution is 2.39. The van der Waals surface area contributed by atoms with Crippen LogP contribution in [0.4, 0.5) is 5.82 Å². The topological polar surface area (TPSA) is 78.1 Å². The molecule has 0 saturated heterocycles. The Kier molecular flexibility index (Phi) is 3.59. The molecule has 0 amide bonds. The van der Waals surface area contributed by atoms with Crippen molar-refractivity contribution in [3.05, 3.63) is 40.6 Å². The van der Waals surface area contributed by atoms with Crippen molar-refractivity contribution in [3.8, 4) is 11.4 Å². The zero-order valence-electron chi connectivity index (χ0n) is 13.9. The molecule has 3 rings (SSSR count). The summed E-state index contributed by atoms with van der Waals surface area (Å²) in [5.41, 5.74) is 10.6. The molecule has 1 heterocycles. The van der Waals surface area contributed by atoms with Crippen LogP contribution in [0, 0.1) is 6.92 Å². The number of rotatable bonds is 2. The molecule has 0 atom stereocenters. The number of benzene rings is 1. The van der Waals surface area contributed by atoms with Crippen molar-refractivity contribution in [1.29, 1.82) is 0 Å². The number of methoxy groups -OCH3 is 1. The largest absolute Gasteiger partial charge is 0.465 e. The van der Waals surface area contributed by atoms with Crippen LogP contribution in [0.15, 0.2) is 18.2 Å². The third-order valence-electron chi connectivity index (χ3n) is 4.62. The summed E-state index contributed by atoms with van der Waals surface area (Å²) in [4.78, 5) is 20.5. The Morgan fingerprint density at radius 1 is 1.30 bits per heavy atom. The highest BCUT2D eigenvalue weighted by atomic mass is 16.5. The van der Waals surface area contributed by atoms with Crippen LogP contribution in [0.1, 0.15) is 47.4 Å². The Morgan fingerprint density at radius 3 is 2.70 bits per heavy atom. The molecule has 0 radical (unpaired) electrons. The van der Waals surface area contributed by atoms with Gasteiger partial charge in [0.1, 0.15) is 11.4 Å². The molecule has 1 aromatic heterocycles. The third kappa shape index (κ3) is 2.56. The van der Waals surface area contributed by atoms with Crippen LogP contribution in [-0.4, -0.2) is 23.0 Å². The van der Waals surface area contributed by atoms with Gasteiger partial charge in [-0.2, -0.15) is 0 Å². The second-order valence-electron chi connectivity index (χ2n) is 6.64. The smallest absolute Gasteiger partial charge is 0.343 e. The maximum Gasteiger partial charge on any atom is 0.343 e. The molecule has 0 fully saturated rings. The van der Waals surface area contributed by atoms with E-state index in [2.05, 4.69) is 35.9 Å². The highest BCUT2D eigenvalue weighted by molar-refractivity contribution is 5.95. The van der Waals surface area contributed by atoms with Gasteiger partial charge in [-0.05, 0) is 42.4 Å². The van der Waals surface area contributed by atoms with Crippen LogP contribution < -0.4 is 5.73 Å². The van der Waals surface area contributed by atoms with Crippen LogP contribution in [0.25, 0.3) is 11.4 Å². The molecule has 1 aliphatic carbocycles. The van der Waals surface area contributed by atoms with Crippen molar-refractivity contribution in [1.82, 2.24) is 9.97 Å². The summed E-state index contributed by atoms with van der Waals surface area (Å²) in [7, 11) is 1.32. The number of carbonyl (C=O) groups excluding carboxylic acids is 1. The summed E-state index contributed by atoms with van der Waals surface area (Å²) < 4.78 is 4.73. The number of esters is 1. The van der Waals surface area contributed by atoms with E-state index in [1.807, 2.05) is 6.07 Å². The first-order chi connectivity index (χ1) is 10.8. The van der Waals surface area contributed by atoms with E-state index in [9.17, 15) is 4.79 Å². The van der Waals surface area contributed by atoms with E-state index in [1.54, 1.807) is 6.92 Å². The number of aryl methyl sites for hydroxylation is 2. The number of nitrogens with two attached hydrogens (primary N) is 1. The zero-order valence-corrected chi connectivity index (χ0v) is 13.9. The number of anilines is 1. The van der Waals surface area contributed by atoms with Gasteiger partial charge in [0.2, 0.25) is 0 Å². The van der Waals surface area contributed by atoms with Gasteiger partial charge in [0.25, 0.3) is 0 Å². The van der Waals surface area contributed by atoms with E-state index < -0.39 is 5.97 Å². The normalized spacial score (nSPS) is 15.3. The quantitative estimate of drug-likeness (QED) is 0.862. The second kappa shape index (κ2) is 5.33. The Balaban J connectivity index is 2.06. The molecule has 120 valence electrons. The van der Waals surface area contributed by atoms with Gasteiger partial charge in [0, 0.05) is 5.56 Å². The lowest BCUT2D eigenvalue weighted by molar-refractivity contribution is 0.0600. The molecule has 0 spiro atoms. The summed E-state index contributed by atoms with van der Waals surface area (Å²) in [6.45, 7) is 6.27. The minimum Gasteiger partial charge on any atom is -0.465 e. The molecule has 2 aromatic rings. The number of nitrogens with zero attached hydrogens (tertiary/aromatic N) is 2. The van der Waals surface area contributed by atoms with Gasteiger partial charge in [-0.1, -0.05) is 26.0 Å². The van der Waals surface area contributed by atoms with Crippen molar-refractivity contribution in [2.45, 2.75) is 39.0 Å². The Hall–Kier alpha value is -2.43. The van der Waals surface area contributed by atoms with Gasteiger partial charge in [-0.15, -0.1) is 0 Å². The van der Waals surface area contributed by atoms with Crippen molar-refractivity contribution < 1.29 is 9.53 Å². The standard InChI is InChI=1S/C18H21N3O2/c1-10-14(17(22)23-4)15(19)21-16(20-10)12-5-6-13-11(9-12)7-8-18(13,2)3/h5-6,9H,7-8H2,1-4H3,(H2,19,20,21). The Bertz CT molecular complexity index is 774. The van der Waals surface area contributed by atoms with E-state index in [4.69, 9.17) is 10.5 Å². The molecule has 0 unspecified atom stereocenters. The fourth-order valence-corrected chi connectivity index (χ4v) is 3.26. The van der Waals surface area contributed by atoms with E-state index in [-0.39, 0.29) is 16.8 Å². The fourth-order valence-electron chi connectivity index (χ4n) is 3.26. The molecular weight excluding hydrogens is 290 g/mol. The van der Waals surface area contributed by atoms with Gasteiger partial charge in [0.15, 0.2) is 5.82 Å². The first-order valence-electron chi connectivity index (χ1n) is 7.69. The predicted octanol–water partition coefficient (Wildman–Crippen LogP) is 3.04. The average Bonchev–Trinajstić information content (AvgIpc) is 2.81. The number of carbonyl (C=O) groups is 1. The lowest BCUT2D eigenvalue weighted by Crippen LogP contribution is -2.13. The van der Waals surface area contributed by atoms with Crippen molar-refractivity contribution in [2.24, 2.45) is 0 Å². The van der Waals surface area contributed by atoms with Crippen LogP contribution in [0.3, 0.4) is 0 Å². The van der Waals surface area contributed by atoms with E-state index in [1.165, 1.54) is 18.2 Å². The SMILES string of the molecule is COC(=O)c1c(C)nc(-c2ccc3c(c2)CCC3(C)C)nc1N. The number of fused-ring (bicyclic) bond motifs is 1. The lowest BCUT2D eigenvalue weighted by Gasteiger charge is -2.18. The van der Waals surface area contributed by atoms with Crippen LogP contribution in [-0.2, 0) is 16.6 Å². The molecule has 2 N–H and O–H groups in total. The van der Waals surface area contributed by atoms with E-state index >= 15 is 0 Å². The van der Waals surface area contributed by atoms with Crippen LogP contribution in [0.2, 0.25) is 0 Å². The maximum atomic E-state index is 11.7. The molecule has 0 bridgehead atoms. The molecule has 1 aromatic carbocycles. The molecule has 5 nitrogen and oxygen atoms in total. The number of hydrogen-bond donors (Lipinski definition) is 1. The van der Waals surface area contributed by atoms with Gasteiger partial charge in [-0.3, -0.25) is 0 Å². The van der Waals surface area contributed by atoms with Crippen molar-refractivity contribution in [2.75, 3.05) is 12.8 Å². The summed E-state index contributed by atoms with van der Waals surface area (Å²) in [6, 6.07) is 6.31. The third-order valence-corrected chi connectivity index (χ3v) is 4.62. The number of hydrogen-bond acceptors (Lipinski definition) is 5. The van der Waals surface area contributed by atoms with Gasteiger partial charge in [0.05, 0.1) is 12.8 Å². The summed E-state index contributed by atoms with van der Waals surface area (Å²) in [6.07, 6.45) is 2.21. The number of aromatic nitrogens is 2. The van der Waals surface area contributed by atoms with E-state index in [0.29, 0.717) is 11.5 Å². The summed E-state index contributed by atoms with van der Waals surface area (Å²) in [5.74, 6) is 0.183. The van der Waals surface area contributed by atoms with Crippen molar-refractivity contribution >= 4 is 11.8 Å². The fraction of sp³-hybridized carbons (Fsp3) is 0.389. The molecular formula is C18H21N3O2. The molecule has 1 aliphatic rings. The molecule has 0 aliphatic heterocycles. The minimum absolute atomic E-state index is 0.153. The second-order valence-corrected chi connectivity index (χ2v) is 6.64. The summed E-state index contributed by atoms with van der Waals surface area (Å²) >= 11 is 0. The minimum atomic E-state index is -0.512. The molecule has 0 saturated carbocycles. The van der Waals surface area contributed by atoms with Crippen LogP contribution in [0.5, 0.6) is 0 Å². The van der Waals surface area contributed by atoms with Gasteiger partial charge in [-0.25, -0.2) is 14.8 Å². The van der Waals surface area contributed by atoms with Crippen molar-refractivity contribution in [3.63, 3.8) is 0 Å². The van der Waals surface area contributed by atoms with Gasteiger partial charge < -0.3 is 10.5 Å². The number of ether oxygens (including phenoxy) is 1. The zero-order chi connectivity index (χ0) is 16.8. The molecule has 5 heteroatoms. The monoisotopic (exact) mass is 311 g/mol. The van der Waals surface area contributed by atoms with Crippen LogP contribution >= 0.6 is 0 Å². The average molecular weight is 311 g/mol. The lowest BCUT2D eigenvalue weighted by atomic mass is 9.86. The number of nitrogen functional groups attached to an aromatic ring is 1.